The topological polar surface area (TPSA) is 67.6 Å². The molecule has 0 aliphatic heterocycles. The monoisotopic (exact) mass is 343 g/mol. The summed E-state index contributed by atoms with van der Waals surface area (Å²) in [5, 5.41) is 14.7. The molecule has 0 bridgehead atoms. The molecule has 0 spiro atoms. The first-order valence-electron chi connectivity index (χ1n) is 8.68. The van der Waals surface area contributed by atoms with E-state index in [0.717, 1.165) is 24.3 Å². The Morgan fingerprint density at radius 3 is 2.76 bits per heavy atom. The first-order valence-corrected chi connectivity index (χ1v) is 8.68. The summed E-state index contributed by atoms with van der Waals surface area (Å²) in [5.41, 5.74) is 1.03. The summed E-state index contributed by atoms with van der Waals surface area (Å²) in [6, 6.07) is 11.2. The van der Waals surface area contributed by atoms with Crippen molar-refractivity contribution in [1.29, 1.82) is 0 Å². The van der Waals surface area contributed by atoms with Crippen LogP contribution in [-0.4, -0.2) is 51.0 Å². The first kappa shape index (κ1) is 17.5. The second-order valence-corrected chi connectivity index (χ2v) is 6.56. The van der Waals surface area contributed by atoms with E-state index in [0.29, 0.717) is 12.8 Å². The lowest BCUT2D eigenvalue weighted by Gasteiger charge is -2.29. The van der Waals surface area contributed by atoms with Crippen LogP contribution in [0, 0.1) is 0 Å². The number of aliphatic hydroxyl groups is 1. The molecule has 2 aromatic rings. The quantitative estimate of drug-likeness (QED) is 0.868. The van der Waals surface area contributed by atoms with Crippen LogP contribution in [0.5, 0.6) is 5.75 Å². The van der Waals surface area contributed by atoms with E-state index < -0.39 is 6.10 Å². The van der Waals surface area contributed by atoms with Crippen molar-refractivity contribution in [1.82, 2.24) is 14.7 Å². The van der Waals surface area contributed by atoms with Crippen molar-refractivity contribution >= 4 is 5.91 Å². The molecule has 6 nitrogen and oxygen atoms in total. The predicted molar refractivity (Wildman–Crippen MR) is 94.2 cm³/mol. The van der Waals surface area contributed by atoms with Crippen molar-refractivity contribution in [2.75, 3.05) is 7.05 Å². The summed E-state index contributed by atoms with van der Waals surface area (Å²) in [6.07, 6.45) is 3.31. The van der Waals surface area contributed by atoms with Crippen molar-refractivity contribution < 1.29 is 14.6 Å². The normalized spacial score (nSPS) is 22.8. The summed E-state index contributed by atoms with van der Waals surface area (Å²) in [6.45, 7) is 0. The van der Waals surface area contributed by atoms with Crippen LogP contribution in [-0.2, 0) is 18.3 Å². The molecule has 0 radical (unpaired) electrons. The van der Waals surface area contributed by atoms with Gasteiger partial charge in [-0.05, 0) is 37.5 Å². The fourth-order valence-electron chi connectivity index (χ4n) is 3.39. The van der Waals surface area contributed by atoms with Crippen molar-refractivity contribution in [3.8, 4) is 5.75 Å². The van der Waals surface area contributed by atoms with Crippen LogP contribution in [0.25, 0.3) is 0 Å². The minimum atomic E-state index is -0.675. The predicted octanol–water partition coefficient (Wildman–Crippen LogP) is 1.78. The van der Waals surface area contributed by atoms with Crippen molar-refractivity contribution in [2.45, 2.75) is 43.9 Å². The number of hydrogen-bond acceptors (Lipinski definition) is 4. The molecule has 1 amide bonds. The summed E-state index contributed by atoms with van der Waals surface area (Å²) in [5.74, 6) is 0.781. The highest BCUT2D eigenvalue weighted by Gasteiger charge is 2.40. The summed E-state index contributed by atoms with van der Waals surface area (Å²) < 4.78 is 7.66. The molecule has 1 aromatic heterocycles. The summed E-state index contributed by atoms with van der Waals surface area (Å²) in [4.78, 5) is 14.2. The Bertz CT molecular complexity index is 701. The number of aryl methyl sites for hydroxylation is 2. The van der Waals surface area contributed by atoms with Gasteiger partial charge in [-0.25, -0.2) is 0 Å². The Morgan fingerprint density at radius 2 is 2.08 bits per heavy atom. The molecule has 0 unspecified atom stereocenters. The first-order chi connectivity index (χ1) is 12.1. The van der Waals surface area contributed by atoms with Gasteiger partial charge in [-0.15, -0.1) is 0 Å². The zero-order chi connectivity index (χ0) is 17.8. The van der Waals surface area contributed by atoms with E-state index >= 15 is 0 Å². The molecule has 1 aliphatic carbocycles. The molecule has 3 rings (SSSR count). The molecular formula is C19H25N3O3. The minimum Gasteiger partial charge on any atom is -0.488 e. The highest BCUT2D eigenvalue weighted by molar-refractivity contribution is 5.76. The second kappa shape index (κ2) is 7.70. The van der Waals surface area contributed by atoms with Crippen LogP contribution in [0.2, 0.25) is 0 Å². The molecule has 3 atom stereocenters. The third-order valence-electron chi connectivity index (χ3n) is 4.96. The van der Waals surface area contributed by atoms with E-state index in [1.165, 1.54) is 0 Å². The molecule has 1 aliphatic rings. The highest BCUT2D eigenvalue weighted by atomic mass is 16.5. The largest absolute Gasteiger partial charge is 0.488 e. The Balaban J connectivity index is 1.54. The lowest BCUT2D eigenvalue weighted by molar-refractivity contribution is -0.134. The number of aliphatic hydroxyl groups excluding tert-OH is 1. The zero-order valence-electron chi connectivity index (χ0n) is 14.7. The number of likely N-dealkylation sites (N-methyl/N-ethyl adjacent to an activating group) is 1. The average Bonchev–Trinajstić information content (AvgIpc) is 3.19. The second-order valence-electron chi connectivity index (χ2n) is 6.56. The van der Waals surface area contributed by atoms with E-state index in [-0.39, 0.29) is 18.1 Å². The average molecular weight is 343 g/mol. The number of rotatable bonds is 6. The van der Waals surface area contributed by atoms with Gasteiger partial charge in [-0.2, -0.15) is 5.10 Å². The highest BCUT2D eigenvalue weighted by Crippen LogP contribution is 2.28. The molecule has 1 heterocycles. The molecule has 25 heavy (non-hydrogen) atoms. The maximum atomic E-state index is 12.5. The molecule has 1 aromatic carbocycles. The Labute approximate surface area is 148 Å². The van der Waals surface area contributed by atoms with Crippen LogP contribution in [0.15, 0.2) is 42.6 Å². The van der Waals surface area contributed by atoms with Gasteiger partial charge in [-0.3, -0.25) is 9.48 Å². The number of hydrogen-bond donors (Lipinski definition) is 1. The minimum absolute atomic E-state index is 0.0330. The van der Waals surface area contributed by atoms with Gasteiger partial charge < -0.3 is 14.7 Å². The SMILES string of the molecule is CN(C(=O)CCc1ccnn1C)[C@@H]1CC[C@@H](Oc2ccccc2)[C@@H]1O. The van der Waals surface area contributed by atoms with Gasteiger partial charge in [0.15, 0.2) is 0 Å². The molecular weight excluding hydrogens is 318 g/mol. The number of aromatic nitrogens is 2. The van der Waals surface area contributed by atoms with Gasteiger partial charge in [0.1, 0.15) is 18.0 Å². The van der Waals surface area contributed by atoms with Gasteiger partial charge in [0.25, 0.3) is 0 Å². The Kier molecular flexibility index (Phi) is 5.38. The number of ether oxygens (including phenoxy) is 1. The van der Waals surface area contributed by atoms with E-state index in [4.69, 9.17) is 4.74 Å². The third-order valence-corrected chi connectivity index (χ3v) is 4.96. The molecule has 0 saturated heterocycles. The molecule has 1 fully saturated rings. The molecule has 1 saturated carbocycles. The van der Waals surface area contributed by atoms with E-state index in [1.54, 1.807) is 22.8 Å². The number of para-hydroxylation sites is 1. The lowest BCUT2D eigenvalue weighted by Crippen LogP contribution is -2.45. The Hall–Kier alpha value is -2.34. The van der Waals surface area contributed by atoms with Gasteiger partial charge in [-0.1, -0.05) is 18.2 Å². The smallest absolute Gasteiger partial charge is 0.223 e. The third kappa shape index (κ3) is 4.02. The summed E-state index contributed by atoms with van der Waals surface area (Å²) in [7, 11) is 3.64. The van der Waals surface area contributed by atoms with E-state index in [9.17, 15) is 9.90 Å². The summed E-state index contributed by atoms with van der Waals surface area (Å²) >= 11 is 0. The van der Waals surface area contributed by atoms with Crippen LogP contribution >= 0.6 is 0 Å². The zero-order valence-corrected chi connectivity index (χ0v) is 14.7. The van der Waals surface area contributed by atoms with Crippen LogP contribution in [0.4, 0.5) is 0 Å². The van der Waals surface area contributed by atoms with Crippen molar-refractivity contribution in [2.24, 2.45) is 7.05 Å². The van der Waals surface area contributed by atoms with Crippen molar-refractivity contribution in [3.05, 3.63) is 48.3 Å². The van der Waals surface area contributed by atoms with E-state index in [1.807, 2.05) is 43.4 Å². The lowest BCUT2D eigenvalue weighted by atomic mass is 10.1. The molecule has 6 heteroatoms. The van der Waals surface area contributed by atoms with Gasteiger partial charge >= 0.3 is 0 Å². The fraction of sp³-hybridized carbons (Fsp3) is 0.474. The van der Waals surface area contributed by atoms with Crippen LogP contribution < -0.4 is 4.74 Å². The standard InChI is InChI=1S/C19H25N3O3/c1-21(18(23)11-8-14-12-13-20-22(14)2)16-9-10-17(19(16)24)25-15-6-4-3-5-7-15/h3-7,12-13,16-17,19,24H,8-11H2,1-2H3/t16-,17-,19-/m1/s1. The number of carbonyl (C=O) groups is 1. The maximum absolute atomic E-state index is 12.5. The van der Waals surface area contributed by atoms with Crippen LogP contribution in [0.3, 0.4) is 0 Å². The van der Waals surface area contributed by atoms with E-state index in [2.05, 4.69) is 5.10 Å². The number of nitrogens with zero attached hydrogens (tertiary/aromatic N) is 3. The van der Waals surface area contributed by atoms with Crippen LogP contribution in [0.1, 0.15) is 25.0 Å². The number of benzene rings is 1. The van der Waals surface area contributed by atoms with Crippen molar-refractivity contribution in [3.63, 3.8) is 0 Å². The number of carbonyl (C=O) groups excluding carboxylic acids is 1. The maximum Gasteiger partial charge on any atom is 0.223 e. The Morgan fingerprint density at radius 1 is 1.32 bits per heavy atom. The fourth-order valence-corrected chi connectivity index (χ4v) is 3.39. The molecule has 1 N–H and O–H groups in total. The molecule has 134 valence electrons. The van der Waals surface area contributed by atoms with Gasteiger partial charge in [0.2, 0.25) is 5.91 Å². The van der Waals surface area contributed by atoms with Gasteiger partial charge in [0, 0.05) is 32.4 Å². The number of amides is 1. The van der Waals surface area contributed by atoms with Gasteiger partial charge in [0.05, 0.1) is 6.04 Å².